The summed E-state index contributed by atoms with van der Waals surface area (Å²) in [7, 11) is 0. The third kappa shape index (κ3) is 4.42. The van der Waals surface area contributed by atoms with Crippen LogP contribution in [0.15, 0.2) is 52.6 Å². The van der Waals surface area contributed by atoms with E-state index in [1.54, 1.807) is 26.0 Å². The molecule has 1 N–H and O–H groups in total. The molecular formula is C15H14BrF2NO. The quantitative estimate of drug-likeness (QED) is 0.623. The molecule has 0 bridgehead atoms. The van der Waals surface area contributed by atoms with Gasteiger partial charge in [-0.2, -0.15) is 0 Å². The molecule has 0 aliphatic rings. The van der Waals surface area contributed by atoms with Gasteiger partial charge in [0.05, 0.1) is 0 Å². The molecule has 0 saturated carbocycles. The average Bonchev–Trinajstić information content (AvgIpc) is 2.39. The van der Waals surface area contributed by atoms with Crippen molar-refractivity contribution >= 4 is 27.5 Å². The van der Waals surface area contributed by atoms with Crippen LogP contribution in [0.3, 0.4) is 0 Å². The lowest BCUT2D eigenvalue weighted by Crippen LogP contribution is -2.14. The van der Waals surface area contributed by atoms with Crippen molar-refractivity contribution in [3.63, 3.8) is 0 Å². The smallest absolute Gasteiger partial charge is 0.255 e. The first-order valence-electron chi connectivity index (χ1n) is 5.78. The molecule has 1 aromatic carbocycles. The first-order valence-corrected chi connectivity index (χ1v) is 6.58. The molecule has 1 amide bonds. The number of amides is 1. The van der Waals surface area contributed by atoms with Gasteiger partial charge in [0.2, 0.25) is 0 Å². The van der Waals surface area contributed by atoms with Crippen LogP contribution in [0.2, 0.25) is 0 Å². The Morgan fingerprint density at radius 2 is 1.95 bits per heavy atom. The van der Waals surface area contributed by atoms with E-state index >= 15 is 0 Å². The van der Waals surface area contributed by atoms with E-state index in [2.05, 4.69) is 27.8 Å². The number of allylic oxidation sites excluding steroid dienone is 3. The van der Waals surface area contributed by atoms with Crippen molar-refractivity contribution in [2.24, 2.45) is 0 Å². The minimum absolute atomic E-state index is 0.191. The molecule has 0 atom stereocenters. The first-order chi connectivity index (χ1) is 9.35. The van der Waals surface area contributed by atoms with Crippen LogP contribution in [0.5, 0.6) is 0 Å². The van der Waals surface area contributed by atoms with Gasteiger partial charge in [-0.15, -0.1) is 0 Å². The van der Waals surface area contributed by atoms with Gasteiger partial charge < -0.3 is 5.32 Å². The van der Waals surface area contributed by atoms with Gasteiger partial charge in [0.25, 0.3) is 5.91 Å². The van der Waals surface area contributed by atoms with Crippen molar-refractivity contribution in [1.29, 1.82) is 0 Å². The highest BCUT2D eigenvalue weighted by Crippen LogP contribution is 2.18. The number of anilines is 1. The molecule has 0 aliphatic carbocycles. The fraction of sp³-hybridized carbons (Fsp3) is 0.133. The van der Waals surface area contributed by atoms with Gasteiger partial charge in [0, 0.05) is 21.8 Å². The summed E-state index contributed by atoms with van der Waals surface area (Å²) in [6.07, 6.45) is 3.16. The summed E-state index contributed by atoms with van der Waals surface area (Å²) < 4.78 is 26.5. The zero-order valence-corrected chi connectivity index (χ0v) is 12.7. The second kappa shape index (κ2) is 7.14. The highest BCUT2D eigenvalue weighted by molar-refractivity contribution is 9.11. The van der Waals surface area contributed by atoms with Crippen LogP contribution >= 0.6 is 15.9 Å². The number of halogens is 3. The Balaban J connectivity index is 3.01. The third-order valence-corrected chi connectivity index (χ3v) is 2.99. The van der Waals surface area contributed by atoms with Crippen LogP contribution < -0.4 is 5.32 Å². The van der Waals surface area contributed by atoms with E-state index < -0.39 is 17.5 Å². The van der Waals surface area contributed by atoms with Crippen LogP contribution in [-0.4, -0.2) is 5.91 Å². The van der Waals surface area contributed by atoms with E-state index in [0.717, 1.165) is 17.7 Å². The van der Waals surface area contributed by atoms with Crippen molar-refractivity contribution < 1.29 is 13.6 Å². The molecule has 0 aromatic heterocycles. The highest BCUT2D eigenvalue weighted by atomic mass is 79.9. The second-order valence-electron chi connectivity index (χ2n) is 4.23. The molecule has 106 valence electrons. The van der Waals surface area contributed by atoms with Gasteiger partial charge in [0.1, 0.15) is 0 Å². The van der Waals surface area contributed by atoms with E-state index in [0.29, 0.717) is 10.1 Å². The predicted molar refractivity (Wildman–Crippen MR) is 80.6 cm³/mol. The summed E-state index contributed by atoms with van der Waals surface area (Å²) in [6, 6.07) is 3.19. The van der Waals surface area contributed by atoms with Gasteiger partial charge >= 0.3 is 0 Å². The standard InChI is InChI=1S/C15H14BrF2NO/c1-4-10(16)7-12(9(2)3)15(20)19-11-5-6-13(17)14(18)8-11/h4-8H,1H2,2-3H3,(H,19,20)/b10-7+. The van der Waals surface area contributed by atoms with Gasteiger partial charge in [-0.3, -0.25) is 4.79 Å². The summed E-state index contributed by atoms with van der Waals surface area (Å²) in [5.74, 6) is -2.38. The van der Waals surface area contributed by atoms with Crippen molar-refractivity contribution in [1.82, 2.24) is 0 Å². The molecule has 5 heteroatoms. The van der Waals surface area contributed by atoms with Gasteiger partial charge in [-0.25, -0.2) is 8.78 Å². The molecule has 0 aliphatic heterocycles. The van der Waals surface area contributed by atoms with Crippen molar-refractivity contribution in [2.75, 3.05) is 5.32 Å². The number of carbonyl (C=O) groups is 1. The summed E-state index contributed by atoms with van der Waals surface area (Å²) in [4.78, 5) is 12.1. The Morgan fingerprint density at radius 1 is 1.30 bits per heavy atom. The summed E-state index contributed by atoms with van der Waals surface area (Å²) in [5.41, 5.74) is 1.39. The molecule has 0 heterocycles. The largest absolute Gasteiger partial charge is 0.322 e. The van der Waals surface area contributed by atoms with Crippen LogP contribution in [0.4, 0.5) is 14.5 Å². The topological polar surface area (TPSA) is 29.1 Å². The minimum Gasteiger partial charge on any atom is -0.322 e. The molecule has 0 unspecified atom stereocenters. The third-order valence-electron chi connectivity index (χ3n) is 2.44. The lowest BCUT2D eigenvalue weighted by atomic mass is 10.1. The highest BCUT2D eigenvalue weighted by Gasteiger charge is 2.11. The Labute approximate surface area is 125 Å². The van der Waals surface area contributed by atoms with E-state index in [1.165, 1.54) is 6.07 Å². The summed E-state index contributed by atoms with van der Waals surface area (Å²) in [5, 5.41) is 2.52. The maximum Gasteiger partial charge on any atom is 0.255 e. The normalized spacial score (nSPS) is 10.9. The monoisotopic (exact) mass is 341 g/mol. The van der Waals surface area contributed by atoms with E-state index in [4.69, 9.17) is 0 Å². The molecule has 2 nitrogen and oxygen atoms in total. The van der Waals surface area contributed by atoms with Crippen molar-refractivity contribution in [3.05, 3.63) is 64.2 Å². The average molecular weight is 342 g/mol. The van der Waals surface area contributed by atoms with Crippen LogP contribution in [0.1, 0.15) is 13.8 Å². The lowest BCUT2D eigenvalue weighted by molar-refractivity contribution is -0.112. The molecule has 0 saturated heterocycles. The number of carbonyl (C=O) groups excluding carboxylic acids is 1. The van der Waals surface area contributed by atoms with Gasteiger partial charge in [-0.05, 0) is 32.1 Å². The van der Waals surface area contributed by atoms with Crippen LogP contribution in [0, 0.1) is 11.6 Å². The van der Waals surface area contributed by atoms with E-state index in [-0.39, 0.29) is 5.69 Å². The van der Waals surface area contributed by atoms with E-state index in [9.17, 15) is 13.6 Å². The van der Waals surface area contributed by atoms with E-state index in [1.807, 2.05) is 0 Å². The summed E-state index contributed by atoms with van der Waals surface area (Å²) in [6.45, 7) is 7.13. The van der Waals surface area contributed by atoms with Crippen molar-refractivity contribution in [3.8, 4) is 0 Å². The number of benzene rings is 1. The summed E-state index contributed by atoms with van der Waals surface area (Å²) >= 11 is 3.24. The first kappa shape index (κ1) is 16.3. The number of nitrogens with one attached hydrogen (secondary N) is 1. The zero-order valence-electron chi connectivity index (χ0n) is 11.1. The Morgan fingerprint density at radius 3 is 2.45 bits per heavy atom. The predicted octanol–water partition coefficient (Wildman–Crippen LogP) is 4.70. The number of rotatable bonds is 4. The maximum absolute atomic E-state index is 13.1. The molecular weight excluding hydrogens is 328 g/mol. The van der Waals surface area contributed by atoms with Crippen molar-refractivity contribution in [2.45, 2.75) is 13.8 Å². The maximum atomic E-state index is 13.1. The molecule has 0 spiro atoms. The lowest BCUT2D eigenvalue weighted by Gasteiger charge is -2.08. The Hall–Kier alpha value is -1.75. The molecule has 1 rings (SSSR count). The van der Waals surface area contributed by atoms with Gasteiger partial charge in [0.15, 0.2) is 11.6 Å². The minimum atomic E-state index is -1.01. The van der Waals surface area contributed by atoms with Crippen LogP contribution in [0.25, 0.3) is 0 Å². The molecule has 20 heavy (non-hydrogen) atoms. The molecule has 0 radical (unpaired) electrons. The number of hydrogen-bond acceptors (Lipinski definition) is 1. The fourth-order valence-corrected chi connectivity index (χ4v) is 1.63. The second-order valence-corrected chi connectivity index (χ2v) is 5.15. The fourth-order valence-electron chi connectivity index (χ4n) is 1.41. The Bertz CT molecular complexity index is 602. The number of hydrogen-bond donors (Lipinski definition) is 1. The SMILES string of the molecule is C=C/C(Br)=C\C(C(=O)Nc1ccc(F)c(F)c1)=C(C)C. The molecule has 0 fully saturated rings. The van der Waals surface area contributed by atoms with Crippen LogP contribution in [-0.2, 0) is 4.79 Å². The molecule has 1 aromatic rings. The Kier molecular flexibility index (Phi) is 5.82. The van der Waals surface area contributed by atoms with Gasteiger partial charge in [-0.1, -0.05) is 34.2 Å². The zero-order chi connectivity index (χ0) is 15.3.